The Bertz CT molecular complexity index is 596. The monoisotopic (exact) mass is 309 g/mol. The predicted octanol–water partition coefficient (Wildman–Crippen LogP) is 2.39. The molecule has 1 N–H and O–H groups in total. The molecule has 1 aliphatic rings. The van der Waals surface area contributed by atoms with Crippen LogP contribution >= 0.6 is 23.4 Å². The number of hydrogen-bond donors (Lipinski definition) is 1. The zero-order valence-corrected chi connectivity index (χ0v) is 12.6. The molecule has 0 spiro atoms. The Hall–Kier alpha value is -1.04. The summed E-state index contributed by atoms with van der Waals surface area (Å²) in [5.74, 6) is 1.81. The molecular weight excluding hydrogens is 294 g/mol. The minimum absolute atomic E-state index is 0.579. The van der Waals surface area contributed by atoms with Crippen molar-refractivity contribution in [2.24, 2.45) is 0 Å². The molecule has 1 aromatic carbocycles. The second-order valence-electron chi connectivity index (χ2n) is 5.24. The van der Waals surface area contributed by atoms with Crippen LogP contribution in [0.25, 0.3) is 0 Å². The summed E-state index contributed by atoms with van der Waals surface area (Å²) in [4.78, 5) is 0. The van der Waals surface area contributed by atoms with Gasteiger partial charge in [-0.3, -0.25) is 0 Å². The molecular formula is C14H16ClN3OS. The third-order valence-electron chi connectivity index (χ3n) is 3.41. The Morgan fingerprint density at radius 3 is 3.10 bits per heavy atom. The maximum absolute atomic E-state index is 10.4. The maximum atomic E-state index is 10.4. The van der Waals surface area contributed by atoms with Gasteiger partial charge >= 0.3 is 0 Å². The highest BCUT2D eigenvalue weighted by Crippen LogP contribution is 2.30. The predicted molar refractivity (Wildman–Crippen MR) is 81.2 cm³/mol. The maximum Gasteiger partial charge on any atom is 0.0856 e. The molecule has 1 aliphatic heterocycles. The first kappa shape index (κ1) is 13.9. The summed E-state index contributed by atoms with van der Waals surface area (Å²) < 4.78 is 1.78. The average molecular weight is 310 g/mol. The minimum Gasteiger partial charge on any atom is -0.389 e. The van der Waals surface area contributed by atoms with Crippen LogP contribution < -0.4 is 0 Å². The highest BCUT2D eigenvalue weighted by Gasteiger charge is 2.32. The summed E-state index contributed by atoms with van der Waals surface area (Å²) in [5, 5.41) is 19.4. The fourth-order valence-electron chi connectivity index (χ4n) is 2.39. The van der Waals surface area contributed by atoms with Crippen molar-refractivity contribution in [3.05, 3.63) is 46.7 Å². The topological polar surface area (TPSA) is 50.9 Å². The van der Waals surface area contributed by atoms with Crippen LogP contribution in [0, 0.1) is 0 Å². The molecule has 2 aromatic rings. The standard InChI is InChI=1S/C14H16ClN3OS/c15-12-3-1-2-11(6-12)8-18-9-13(16-17-18)7-14(19)4-5-20-10-14/h1-3,6,9,19H,4-5,7-8,10H2. The number of thioether (sulfide) groups is 1. The third-order valence-corrected chi connectivity index (χ3v) is 4.88. The van der Waals surface area contributed by atoms with Gasteiger partial charge in [0.1, 0.15) is 0 Å². The van der Waals surface area contributed by atoms with Crippen molar-refractivity contribution in [3.63, 3.8) is 0 Å². The fourth-order valence-corrected chi connectivity index (χ4v) is 3.90. The minimum atomic E-state index is -0.610. The fraction of sp³-hybridized carbons (Fsp3) is 0.429. The van der Waals surface area contributed by atoms with Gasteiger partial charge < -0.3 is 5.11 Å². The summed E-state index contributed by atoms with van der Waals surface area (Å²) >= 11 is 7.76. The Balaban J connectivity index is 1.67. The van der Waals surface area contributed by atoms with Crippen molar-refractivity contribution in [2.75, 3.05) is 11.5 Å². The van der Waals surface area contributed by atoms with Gasteiger partial charge in [-0.15, -0.1) is 5.10 Å². The average Bonchev–Trinajstić information content (AvgIpc) is 3.00. The lowest BCUT2D eigenvalue weighted by Crippen LogP contribution is -2.30. The van der Waals surface area contributed by atoms with E-state index in [-0.39, 0.29) is 0 Å². The molecule has 0 saturated carbocycles. The van der Waals surface area contributed by atoms with Crippen molar-refractivity contribution < 1.29 is 5.11 Å². The van der Waals surface area contributed by atoms with Crippen LogP contribution in [-0.4, -0.2) is 37.2 Å². The Kier molecular flexibility index (Phi) is 4.01. The molecule has 3 rings (SSSR count). The molecule has 106 valence electrons. The normalized spacial score (nSPS) is 22.3. The number of aromatic nitrogens is 3. The van der Waals surface area contributed by atoms with E-state index >= 15 is 0 Å². The summed E-state index contributed by atoms with van der Waals surface area (Å²) in [5.41, 5.74) is 1.32. The molecule has 2 heterocycles. The van der Waals surface area contributed by atoms with E-state index in [1.807, 2.05) is 30.5 Å². The Morgan fingerprint density at radius 2 is 2.35 bits per heavy atom. The largest absolute Gasteiger partial charge is 0.389 e. The van der Waals surface area contributed by atoms with Gasteiger partial charge in [0.2, 0.25) is 0 Å². The van der Waals surface area contributed by atoms with E-state index in [4.69, 9.17) is 11.6 Å². The smallest absolute Gasteiger partial charge is 0.0856 e. The van der Waals surface area contributed by atoms with E-state index in [9.17, 15) is 5.11 Å². The van der Waals surface area contributed by atoms with Gasteiger partial charge in [-0.1, -0.05) is 28.9 Å². The lowest BCUT2D eigenvalue weighted by molar-refractivity contribution is 0.0676. The van der Waals surface area contributed by atoms with Crippen LogP contribution in [0.5, 0.6) is 0 Å². The second kappa shape index (κ2) is 5.76. The molecule has 1 atom stereocenters. The number of halogens is 1. The molecule has 0 radical (unpaired) electrons. The summed E-state index contributed by atoms with van der Waals surface area (Å²) in [6, 6.07) is 7.71. The SMILES string of the molecule is OC1(Cc2cn(Cc3cccc(Cl)c3)nn2)CCSC1. The first-order valence-electron chi connectivity index (χ1n) is 6.57. The molecule has 1 aromatic heterocycles. The summed E-state index contributed by atoms with van der Waals surface area (Å²) in [6.45, 7) is 0.640. The van der Waals surface area contributed by atoms with Crippen LogP contribution in [0.4, 0.5) is 0 Å². The van der Waals surface area contributed by atoms with E-state index in [0.717, 1.165) is 34.2 Å². The van der Waals surface area contributed by atoms with E-state index < -0.39 is 5.60 Å². The van der Waals surface area contributed by atoms with Crippen LogP contribution in [0.1, 0.15) is 17.7 Å². The van der Waals surface area contributed by atoms with Crippen LogP contribution in [0.2, 0.25) is 5.02 Å². The summed E-state index contributed by atoms with van der Waals surface area (Å²) in [7, 11) is 0. The zero-order valence-electron chi connectivity index (χ0n) is 11.0. The van der Waals surface area contributed by atoms with Gasteiger partial charge in [0, 0.05) is 23.4 Å². The second-order valence-corrected chi connectivity index (χ2v) is 6.78. The first-order chi connectivity index (χ1) is 9.63. The van der Waals surface area contributed by atoms with Crippen molar-refractivity contribution in [1.29, 1.82) is 0 Å². The number of benzene rings is 1. The number of nitrogens with zero attached hydrogens (tertiary/aromatic N) is 3. The Labute approximate surface area is 127 Å². The van der Waals surface area contributed by atoms with Crippen molar-refractivity contribution in [2.45, 2.75) is 25.0 Å². The molecule has 0 aliphatic carbocycles. The van der Waals surface area contributed by atoms with Gasteiger partial charge in [-0.25, -0.2) is 4.68 Å². The van der Waals surface area contributed by atoms with Crippen LogP contribution in [-0.2, 0) is 13.0 Å². The third kappa shape index (κ3) is 3.34. The molecule has 1 fully saturated rings. The van der Waals surface area contributed by atoms with Crippen molar-refractivity contribution in [1.82, 2.24) is 15.0 Å². The van der Waals surface area contributed by atoms with Gasteiger partial charge in [0.15, 0.2) is 0 Å². The van der Waals surface area contributed by atoms with Crippen molar-refractivity contribution >= 4 is 23.4 Å². The van der Waals surface area contributed by atoms with Gasteiger partial charge in [-0.05, 0) is 29.9 Å². The van der Waals surface area contributed by atoms with Gasteiger partial charge in [0.05, 0.1) is 17.8 Å². The molecule has 0 bridgehead atoms. The molecule has 6 heteroatoms. The van der Waals surface area contributed by atoms with E-state index in [0.29, 0.717) is 13.0 Å². The molecule has 0 amide bonds. The first-order valence-corrected chi connectivity index (χ1v) is 8.10. The van der Waals surface area contributed by atoms with Crippen LogP contribution in [0.15, 0.2) is 30.5 Å². The highest BCUT2D eigenvalue weighted by molar-refractivity contribution is 7.99. The lowest BCUT2D eigenvalue weighted by atomic mass is 9.98. The van der Waals surface area contributed by atoms with E-state index in [2.05, 4.69) is 10.3 Å². The van der Waals surface area contributed by atoms with Gasteiger partial charge in [0.25, 0.3) is 0 Å². The van der Waals surface area contributed by atoms with E-state index in [1.54, 1.807) is 16.4 Å². The lowest BCUT2D eigenvalue weighted by Gasteiger charge is -2.18. The quantitative estimate of drug-likeness (QED) is 0.942. The van der Waals surface area contributed by atoms with Crippen LogP contribution in [0.3, 0.4) is 0 Å². The highest BCUT2D eigenvalue weighted by atomic mass is 35.5. The number of aliphatic hydroxyl groups is 1. The molecule has 1 unspecified atom stereocenters. The molecule has 20 heavy (non-hydrogen) atoms. The van der Waals surface area contributed by atoms with E-state index in [1.165, 1.54) is 0 Å². The molecule has 4 nitrogen and oxygen atoms in total. The van der Waals surface area contributed by atoms with Gasteiger partial charge in [-0.2, -0.15) is 11.8 Å². The number of hydrogen-bond acceptors (Lipinski definition) is 4. The number of rotatable bonds is 4. The zero-order chi connectivity index (χ0) is 14.0. The van der Waals surface area contributed by atoms with Crippen molar-refractivity contribution in [3.8, 4) is 0 Å². The molecule has 1 saturated heterocycles. The summed E-state index contributed by atoms with van der Waals surface area (Å²) in [6.07, 6.45) is 3.32. The Morgan fingerprint density at radius 1 is 1.45 bits per heavy atom.